The fraction of sp³-hybridized carbons (Fsp3) is 0.417. The van der Waals surface area contributed by atoms with Crippen LogP contribution in [0.25, 0.3) is 5.52 Å². The second-order valence-corrected chi connectivity index (χ2v) is 7.96. The first-order valence-corrected chi connectivity index (χ1v) is 7.66. The molecular formula is C12H15Cl2N3OS. The average Bonchev–Trinajstić information content (AvgIpc) is 2.73. The van der Waals surface area contributed by atoms with E-state index in [4.69, 9.17) is 23.2 Å². The molecular weight excluding hydrogens is 305 g/mol. The van der Waals surface area contributed by atoms with E-state index in [0.29, 0.717) is 16.6 Å². The molecule has 0 bridgehead atoms. The number of pyridine rings is 1. The molecule has 0 aromatic carbocycles. The maximum atomic E-state index is 12.0. The minimum absolute atomic E-state index is 0.322. The van der Waals surface area contributed by atoms with Crippen molar-refractivity contribution in [1.29, 1.82) is 0 Å². The molecule has 0 aliphatic heterocycles. The fourth-order valence-corrected chi connectivity index (χ4v) is 2.68. The van der Waals surface area contributed by atoms with Gasteiger partial charge >= 0.3 is 0 Å². The summed E-state index contributed by atoms with van der Waals surface area (Å²) < 4.78 is 16.4. The molecule has 104 valence electrons. The second-order valence-electron chi connectivity index (χ2n) is 5.13. The molecule has 4 nitrogen and oxygen atoms in total. The van der Waals surface area contributed by atoms with Crippen molar-refractivity contribution < 1.29 is 4.55 Å². The van der Waals surface area contributed by atoms with E-state index in [2.05, 4.69) is 9.71 Å². The van der Waals surface area contributed by atoms with Gasteiger partial charge < -0.3 is 8.95 Å². The normalized spacial score (nSPS) is 14.0. The molecule has 2 aromatic rings. The highest BCUT2D eigenvalue weighted by Gasteiger charge is 2.26. The van der Waals surface area contributed by atoms with Crippen molar-refractivity contribution in [3.63, 3.8) is 0 Å². The molecule has 0 spiro atoms. The average molecular weight is 320 g/mol. The van der Waals surface area contributed by atoms with Gasteiger partial charge in [0.2, 0.25) is 0 Å². The first-order chi connectivity index (χ1) is 8.80. The van der Waals surface area contributed by atoms with Gasteiger partial charge in [-0.05, 0) is 26.8 Å². The molecule has 2 aromatic heterocycles. The predicted octanol–water partition coefficient (Wildman–Crippen LogP) is 3.19. The van der Waals surface area contributed by atoms with Crippen LogP contribution in [0.3, 0.4) is 0 Å². The molecule has 0 saturated carbocycles. The van der Waals surface area contributed by atoms with Gasteiger partial charge in [0.1, 0.15) is 4.75 Å². The Morgan fingerprint density at radius 1 is 1.42 bits per heavy atom. The molecule has 0 saturated heterocycles. The minimum Gasteiger partial charge on any atom is -0.598 e. The summed E-state index contributed by atoms with van der Waals surface area (Å²) >= 11 is 11.0. The van der Waals surface area contributed by atoms with Crippen LogP contribution < -0.4 is 4.72 Å². The van der Waals surface area contributed by atoms with Gasteiger partial charge in [-0.1, -0.05) is 23.2 Å². The van der Waals surface area contributed by atoms with Crippen molar-refractivity contribution in [2.45, 2.75) is 32.1 Å². The molecule has 0 radical (unpaired) electrons. The molecule has 2 heterocycles. The Balaban J connectivity index is 2.25. The van der Waals surface area contributed by atoms with Gasteiger partial charge in [-0.3, -0.25) is 0 Å². The van der Waals surface area contributed by atoms with Gasteiger partial charge in [0, 0.05) is 17.6 Å². The van der Waals surface area contributed by atoms with Gasteiger partial charge in [-0.2, -0.15) is 0 Å². The Hall–Kier alpha value is -0.460. The Labute approximate surface area is 125 Å². The van der Waals surface area contributed by atoms with Crippen LogP contribution in [-0.4, -0.2) is 18.7 Å². The number of rotatable bonds is 3. The van der Waals surface area contributed by atoms with Crippen LogP contribution in [-0.2, 0) is 17.9 Å². The number of nitrogens with zero attached hydrogens (tertiary/aromatic N) is 2. The van der Waals surface area contributed by atoms with Gasteiger partial charge in [0.05, 0.1) is 34.1 Å². The zero-order valence-electron chi connectivity index (χ0n) is 10.9. The van der Waals surface area contributed by atoms with Crippen LogP contribution in [0.1, 0.15) is 26.5 Å². The van der Waals surface area contributed by atoms with E-state index in [-0.39, 0.29) is 4.75 Å². The summed E-state index contributed by atoms with van der Waals surface area (Å²) in [4.78, 5) is 4.27. The standard InChI is InChI=1S/C12H15Cl2N3OS/c1-12(2,3)19(18)16-6-9-11-10(14)8(13)4-5-17(11)7-15-9/h4-5,7,16H,6H2,1-3H3. The number of aromatic nitrogens is 2. The van der Waals surface area contributed by atoms with E-state index >= 15 is 0 Å². The summed E-state index contributed by atoms with van der Waals surface area (Å²) in [5, 5.41) is 0.938. The largest absolute Gasteiger partial charge is 0.598 e. The van der Waals surface area contributed by atoms with E-state index < -0.39 is 11.4 Å². The molecule has 0 amide bonds. The van der Waals surface area contributed by atoms with Crippen molar-refractivity contribution in [2.75, 3.05) is 0 Å². The first kappa shape index (κ1) is 14.9. The third-order valence-corrected chi connectivity index (χ3v) is 4.91. The number of hydrogen-bond donors (Lipinski definition) is 1. The van der Waals surface area contributed by atoms with Gasteiger partial charge in [0.25, 0.3) is 0 Å². The Bertz CT molecular complexity index is 594. The molecule has 0 fully saturated rings. The van der Waals surface area contributed by atoms with E-state index in [0.717, 1.165) is 11.2 Å². The summed E-state index contributed by atoms with van der Waals surface area (Å²) in [5.74, 6) is 0. The molecule has 1 atom stereocenters. The molecule has 19 heavy (non-hydrogen) atoms. The second kappa shape index (κ2) is 5.50. The quantitative estimate of drug-likeness (QED) is 0.884. The van der Waals surface area contributed by atoms with Crippen molar-refractivity contribution in [2.24, 2.45) is 0 Å². The van der Waals surface area contributed by atoms with Crippen LogP contribution in [0, 0.1) is 0 Å². The Morgan fingerprint density at radius 3 is 2.74 bits per heavy atom. The Kier molecular flexibility index (Phi) is 4.32. The van der Waals surface area contributed by atoms with Crippen molar-refractivity contribution in [3.05, 3.63) is 34.3 Å². The lowest BCUT2D eigenvalue weighted by Crippen LogP contribution is -2.39. The zero-order chi connectivity index (χ0) is 14.2. The van der Waals surface area contributed by atoms with Crippen LogP contribution in [0.4, 0.5) is 0 Å². The monoisotopic (exact) mass is 319 g/mol. The number of imidazole rings is 1. The SMILES string of the molecule is CC(C)(C)[S+]([O-])NCc1ncn2ccc(Cl)c(Cl)c12. The van der Waals surface area contributed by atoms with Crippen LogP contribution in [0.2, 0.25) is 10.0 Å². The summed E-state index contributed by atoms with van der Waals surface area (Å²) in [7, 11) is 0. The van der Waals surface area contributed by atoms with Gasteiger partial charge in [0.15, 0.2) is 0 Å². The van der Waals surface area contributed by atoms with Crippen molar-refractivity contribution in [3.8, 4) is 0 Å². The van der Waals surface area contributed by atoms with Crippen molar-refractivity contribution in [1.82, 2.24) is 14.1 Å². The molecule has 1 unspecified atom stereocenters. The Morgan fingerprint density at radius 2 is 2.11 bits per heavy atom. The van der Waals surface area contributed by atoms with E-state index in [1.807, 2.05) is 20.8 Å². The third-order valence-electron chi connectivity index (χ3n) is 2.60. The van der Waals surface area contributed by atoms with Crippen LogP contribution in [0.5, 0.6) is 0 Å². The molecule has 2 rings (SSSR count). The lowest BCUT2D eigenvalue weighted by atomic mass is 10.3. The lowest BCUT2D eigenvalue weighted by molar-refractivity contribution is 0.543. The molecule has 7 heteroatoms. The van der Waals surface area contributed by atoms with E-state index in [1.165, 1.54) is 0 Å². The summed E-state index contributed by atoms with van der Waals surface area (Å²) in [6.07, 6.45) is 3.45. The third kappa shape index (κ3) is 3.17. The molecule has 0 aliphatic carbocycles. The van der Waals surface area contributed by atoms with E-state index in [9.17, 15) is 4.55 Å². The fourth-order valence-electron chi connectivity index (χ4n) is 1.56. The zero-order valence-corrected chi connectivity index (χ0v) is 13.2. The number of hydrogen-bond acceptors (Lipinski definition) is 3. The highest BCUT2D eigenvalue weighted by atomic mass is 35.5. The van der Waals surface area contributed by atoms with Gasteiger partial charge in [-0.15, -0.1) is 4.72 Å². The molecule has 1 N–H and O–H groups in total. The predicted molar refractivity (Wildman–Crippen MR) is 79.9 cm³/mol. The minimum atomic E-state index is -1.15. The number of halogens is 2. The summed E-state index contributed by atoms with van der Waals surface area (Å²) in [5.41, 5.74) is 1.47. The van der Waals surface area contributed by atoms with Crippen LogP contribution in [0.15, 0.2) is 18.6 Å². The van der Waals surface area contributed by atoms with Gasteiger partial charge in [-0.25, -0.2) is 4.98 Å². The lowest BCUT2D eigenvalue weighted by Gasteiger charge is -2.23. The van der Waals surface area contributed by atoms with Crippen molar-refractivity contribution >= 4 is 40.1 Å². The van der Waals surface area contributed by atoms with E-state index in [1.54, 1.807) is 23.0 Å². The number of nitrogens with one attached hydrogen (secondary N) is 1. The summed E-state index contributed by atoms with van der Waals surface area (Å²) in [6, 6.07) is 1.71. The number of fused-ring (bicyclic) bond motifs is 1. The molecule has 0 aliphatic rings. The van der Waals surface area contributed by atoms with Crippen LogP contribution >= 0.6 is 23.2 Å². The highest BCUT2D eigenvalue weighted by molar-refractivity contribution is 7.90. The summed E-state index contributed by atoms with van der Waals surface area (Å²) in [6.45, 7) is 6.10. The maximum Gasteiger partial charge on any atom is 0.136 e. The topological polar surface area (TPSA) is 52.4 Å². The maximum absolute atomic E-state index is 12.0. The highest BCUT2D eigenvalue weighted by Crippen LogP contribution is 2.28. The first-order valence-electron chi connectivity index (χ1n) is 5.75. The smallest absolute Gasteiger partial charge is 0.136 e.